The van der Waals surface area contributed by atoms with E-state index in [1.165, 1.54) is 10.4 Å². The first-order valence-corrected chi connectivity index (χ1v) is 11.1. The van der Waals surface area contributed by atoms with E-state index in [1.54, 1.807) is 36.0 Å². The van der Waals surface area contributed by atoms with Crippen LogP contribution in [0.15, 0.2) is 30.9 Å². The Morgan fingerprint density at radius 3 is 2.70 bits per heavy atom. The molecule has 7 nitrogen and oxygen atoms in total. The van der Waals surface area contributed by atoms with Crippen LogP contribution in [-0.2, 0) is 24.1 Å². The molecule has 1 aliphatic rings. The molecule has 152 valence electrons. The summed E-state index contributed by atoms with van der Waals surface area (Å²) in [5, 5.41) is 9.58. The first kappa shape index (κ1) is 19.3. The lowest BCUT2D eigenvalue weighted by molar-refractivity contribution is -0.117. The van der Waals surface area contributed by atoms with E-state index >= 15 is 0 Å². The predicted molar refractivity (Wildman–Crippen MR) is 115 cm³/mol. The molecular formula is C21H19ClN6OS. The molecule has 4 aromatic rings. The lowest BCUT2D eigenvalue weighted by atomic mass is 9.98. The van der Waals surface area contributed by atoms with Gasteiger partial charge in [-0.05, 0) is 47.9 Å². The fourth-order valence-electron chi connectivity index (χ4n) is 3.64. The number of halogens is 1. The Labute approximate surface area is 182 Å². The van der Waals surface area contributed by atoms with Gasteiger partial charge in [-0.2, -0.15) is 10.2 Å². The average molecular weight is 439 g/mol. The first-order chi connectivity index (χ1) is 14.6. The van der Waals surface area contributed by atoms with Gasteiger partial charge < -0.3 is 0 Å². The number of nitrogens with zero attached hydrogens (tertiary/aromatic N) is 6. The fraction of sp³-hybridized carbons (Fsp3) is 0.333. The van der Waals surface area contributed by atoms with Crippen molar-refractivity contribution >= 4 is 39.1 Å². The van der Waals surface area contributed by atoms with Crippen LogP contribution < -0.4 is 0 Å². The SMILES string of the molecule is CCc1nc2c(C3CC3)c(CC(=O)Cc3cnc(-n4nccn4)c(Cl)c3)cnc2s1. The van der Waals surface area contributed by atoms with Crippen molar-refractivity contribution in [2.24, 2.45) is 0 Å². The van der Waals surface area contributed by atoms with Crippen molar-refractivity contribution in [2.75, 3.05) is 0 Å². The third kappa shape index (κ3) is 3.73. The predicted octanol–water partition coefficient (Wildman–Crippen LogP) is 4.11. The lowest BCUT2D eigenvalue weighted by Gasteiger charge is -2.09. The summed E-state index contributed by atoms with van der Waals surface area (Å²) in [6, 6.07) is 1.75. The number of carbonyl (C=O) groups excluding carboxylic acids is 1. The van der Waals surface area contributed by atoms with E-state index in [2.05, 4.69) is 27.1 Å². The molecule has 0 saturated heterocycles. The molecule has 1 fully saturated rings. The lowest BCUT2D eigenvalue weighted by Crippen LogP contribution is -2.10. The minimum absolute atomic E-state index is 0.104. The molecule has 0 aromatic carbocycles. The molecule has 1 saturated carbocycles. The summed E-state index contributed by atoms with van der Waals surface area (Å²) in [5.74, 6) is 1.05. The van der Waals surface area contributed by atoms with Crippen LogP contribution in [0.2, 0.25) is 5.02 Å². The average Bonchev–Trinajstić information content (AvgIpc) is 3.24. The zero-order valence-corrected chi connectivity index (χ0v) is 17.9. The van der Waals surface area contributed by atoms with Crippen molar-refractivity contribution in [3.8, 4) is 5.82 Å². The Bertz CT molecular complexity index is 1230. The zero-order chi connectivity index (χ0) is 20.7. The fourth-order valence-corrected chi connectivity index (χ4v) is 4.76. The van der Waals surface area contributed by atoms with Crippen LogP contribution in [0.1, 0.15) is 47.4 Å². The van der Waals surface area contributed by atoms with E-state index in [0.29, 0.717) is 23.2 Å². The molecule has 1 aliphatic carbocycles. The number of carbonyl (C=O) groups is 1. The van der Waals surface area contributed by atoms with Gasteiger partial charge in [0.05, 0.1) is 22.4 Å². The highest BCUT2D eigenvalue weighted by Crippen LogP contribution is 2.45. The molecule has 0 N–H and O–H groups in total. The van der Waals surface area contributed by atoms with Crippen LogP contribution in [0, 0.1) is 0 Å². The highest BCUT2D eigenvalue weighted by atomic mass is 35.5. The maximum atomic E-state index is 12.9. The van der Waals surface area contributed by atoms with Crippen molar-refractivity contribution in [3.63, 3.8) is 0 Å². The van der Waals surface area contributed by atoms with E-state index < -0.39 is 0 Å². The summed E-state index contributed by atoms with van der Waals surface area (Å²) in [7, 11) is 0. The van der Waals surface area contributed by atoms with Gasteiger partial charge in [0.1, 0.15) is 16.1 Å². The molecule has 0 bridgehead atoms. The Kier molecular flexibility index (Phi) is 5.04. The number of hydrogen-bond acceptors (Lipinski definition) is 7. The van der Waals surface area contributed by atoms with Crippen molar-refractivity contribution < 1.29 is 4.79 Å². The molecule has 4 aromatic heterocycles. The summed E-state index contributed by atoms with van der Waals surface area (Å²) in [5.41, 5.74) is 3.98. The molecule has 0 radical (unpaired) electrons. The summed E-state index contributed by atoms with van der Waals surface area (Å²) < 4.78 is 0. The van der Waals surface area contributed by atoms with Gasteiger partial charge in [0, 0.05) is 25.2 Å². The smallest absolute Gasteiger partial charge is 0.193 e. The summed E-state index contributed by atoms with van der Waals surface area (Å²) in [6.45, 7) is 2.10. The van der Waals surface area contributed by atoms with E-state index in [1.807, 2.05) is 6.20 Å². The Morgan fingerprint density at radius 2 is 2.00 bits per heavy atom. The van der Waals surface area contributed by atoms with E-state index in [-0.39, 0.29) is 12.2 Å². The number of fused-ring (bicyclic) bond motifs is 1. The molecule has 30 heavy (non-hydrogen) atoms. The molecule has 9 heteroatoms. The van der Waals surface area contributed by atoms with Gasteiger partial charge in [0.25, 0.3) is 0 Å². The zero-order valence-electron chi connectivity index (χ0n) is 16.4. The van der Waals surface area contributed by atoms with Gasteiger partial charge >= 0.3 is 0 Å². The summed E-state index contributed by atoms with van der Waals surface area (Å²) in [4.78, 5) is 28.9. The van der Waals surface area contributed by atoms with Gasteiger partial charge in [0.15, 0.2) is 5.82 Å². The molecule has 4 heterocycles. The standard InChI is InChI=1S/C21H19ClN6OS/c1-2-17-27-19-18(13-3-4-13)14(11-24-21(19)30-17)9-15(29)7-12-8-16(22)20(23-10-12)28-25-5-6-26-28/h5-6,8,10-11,13H,2-4,7,9H2,1H3. The molecule has 0 spiro atoms. The quantitative estimate of drug-likeness (QED) is 0.431. The van der Waals surface area contributed by atoms with Crippen molar-refractivity contribution in [2.45, 2.75) is 44.9 Å². The van der Waals surface area contributed by atoms with Gasteiger partial charge in [0.2, 0.25) is 0 Å². The molecule has 5 rings (SSSR count). The Balaban J connectivity index is 1.37. The maximum absolute atomic E-state index is 12.9. The minimum Gasteiger partial charge on any atom is -0.299 e. The second kappa shape index (κ2) is 7.85. The topological polar surface area (TPSA) is 86.5 Å². The minimum atomic E-state index is 0.104. The van der Waals surface area contributed by atoms with E-state index in [9.17, 15) is 4.79 Å². The van der Waals surface area contributed by atoms with Gasteiger partial charge in [-0.25, -0.2) is 15.0 Å². The maximum Gasteiger partial charge on any atom is 0.193 e. The van der Waals surface area contributed by atoms with Crippen LogP contribution in [-0.4, -0.2) is 35.7 Å². The van der Waals surface area contributed by atoms with Crippen molar-refractivity contribution in [1.29, 1.82) is 0 Å². The Hall–Kier alpha value is -2.71. The normalized spacial score (nSPS) is 13.8. The number of ketones is 1. The van der Waals surface area contributed by atoms with Crippen LogP contribution in [0.3, 0.4) is 0 Å². The molecule has 0 unspecified atom stereocenters. The highest BCUT2D eigenvalue weighted by Gasteiger charge is 2.30. The van der Waals surface area contributed by atoms with Gasteiger partial charge in [-0.1, -0.05) is 29.9 Å². The number of pyridine rings is 2. The van der Waals surface area contributed by atoms with Crippen LogP contribution in [0.25, 0.3) is 16.2 Å². The van der Waals surface area contributed by atoms with E-state index in [4.69, 9.17) is 16.6 Å². The third-order valence-corrected chi connectivity index (χ3v) is 6.54. The highest BCUT2D eigenvalue weighted by molar-refractivity contribution is 7.18. The Morgan fingerprint density at radius 1 is 1.20 bits per heavy atom. The molecular weight excluding hydrogens is 420 g/mol. The van der Waals surface area contributed by atoms with Crippen LogP contribution in [0.5, 0.6) is 0 Å². The van der Waals surface area contributed by atoms with Crippen molar-refractivity contribution in [1.82, 2.24) is 29.9 Å². The second-order valence-corrected chi connectivity index (χ2v) is 8.92. The number of hydrogen-bond donors (Lipinski definition) is 0. The number of Topliss-reactive ketones (excluding diaryl/α,β-unsaturated/α-hetero) is 1. The van der Waals surface area contributed by atoms with Crippen LogP contribution in [0.4, 0.5) is 0 Å². The number of rotatable bonds is 7. The number of thiazole rings is 1. The molecule has 0 amide bonds. The first-order valence-electron chi connectivity index (χ1n) is 9.92. The summed E-state index contributed by atoms with van der Waals surface area (Å²) >= 11 is 7.98. The second-order valence-electron chi connectivity index (χ2n) is 7.45. The van der Waals surface area contributed by atoms with E-state index in [0.717, 1.165) is 45.7 Å². The molecule has 0 atom stereocenters. The van der Waals surface area contributed by atoms with Crippen molar-refractivity contribution in [3.05, 3.63) is 57.6 Å². The number of aryl methyl sites for hydroxylation is 1. The van der Waals surface area contributed by atoms with Crippen LogP contribution >= 0.6 is 22.9 Å². The third-order valence-electron chi connectivity index (χ3n) is 5.16. The largest absolute Gasteiger partial charge is 0.299 e. The van der Waals surface area contributed by atoms with Gasteiger partial charge in [-0.15, -0.1) is 4.80 Å². The number of aromatic nitrogens is 6. The summed E-state index contributed by atoms with van der Waals surface area (Å²) in [6.07, 6.45) is 10.4. The monoisotopic (exact) mass is 438 g/mol. The van der Waals surface area contributed by atoms with Gasteiger partial charge in [-0.3, -0.25) is 4.79 Å². The molecule has 0 aliphatic heterocycles.